The van der Waals surface area contributed by atoms with Crippen LogP contribution in [-0.2, 0) is 6.42 Å². The summed E-state index contributed by atoms with van der Waals surface area (Å²) in [5, 5.41) is 6.56. The number of rotatable bonds is 6. The lowest BCUT2D eigenvalue weighted by Crippen LogP contribution is -2.42. The van der Waals surface area contributed by atoms with Gasteiger partial charge in [-0.05, 0) is 32.9 Å². The van der Waals surface area contributed by atoms with Crippen molar-refractivity contribution in [2.24, 2.45) is 4.99 Å². The Morgan fingerprint density at radius 2 is 2.21 bits per heavy atom. The summed E-state index contributed by atoms with van der Waals surface area (Å²) in [7, 11) is 0. The van der Waals surface area contributed by atoms with Gasteiger partial charge < -0.3 is 15.1 Å². The summed E-state index contributed by atoms with van der Waals surface area (Å²) < 4.78 is 5.28. The first-order chi connectivity index (χ1) is 8.58. The van der Waals surface area contributed by atoms with E-state index in [-0.39, 0.29) is 24.0 Å². The SMILES string of the molecule is C=C(C)CN=C(NCCc1ccco1)NC(C)C.I. The fraction of sp³-hybridized carbons (Fsp3) is 0.500. The number of furan rings is 1. The molecule has 0 aromatic carbocycles. The highest BCUT2D eigenvalue weighted by Gasteiger charge is 2.01. The van der Waals surface area contributed by atoms with Crippen molar-refractivity contribution in [1.82, 2.24) is 10.6 Å². The van der Waals surface area contributed by atoms with Crippen molar-refractivity contribution in [3.05, 3.63) is 36.3 Å². The molecule has 0 radical (unpaired) electrons. The van der Waals surface area contributed by atoms with Gasteiger partial charge in [0.1, 0.15) is 5.76 Å². The summed E-state index contributed by atoms with van der Waals surface area (Å²) in [6.07, 6.45) is 2.54. The zero-order valence-electron chi connectivity index (χ0n) is 11.9. The smallest absolute Gasteiger partial charge is 0.191 e. The van der Waals surface area contributed by atoms with E-state index in [2.05, 4.69) is 36.1 Å². The molecular weight excluding hydrogens is 353 g/mol. The van der Waals surface area contributed by atoms with E-state index in [1.165, 1.54) is 0 Å². The molecule has 0 spiro atoms. The fourth-order valence-electron chi connectivity index (χ4n) is 1.40. The largest absolute Gasteiger partial charge is 0.469 e. The van der Waals surface area contributed by atoms with Gasteiger partial charge in [0.15, 0.2) is 5.96 Å². The standard InChI is InChI=1S/C14H23N3O.HI/c1-11(2)10-16-14(17-12(3)4)15-8-7-13-6-5-9-18-13;/h5-6,9,12H,1,7-8,10H2,2-4H3,(H2,15,16,17);1H. The second-order valence-corrected chi connectivity index (χ2v) is 4.68. The molecule has 2 N–H and O–H groups in total. The minimum atomic E-state index is 0. The van der Waals surface area contributed by atoms with Crippen molar-refractivity contribution in [3.8, 4) is 0 Å². The van der Waals surface area contributed by atoms with E-state index in [1.807, 2.05) is 19.1 Å². The summed E-state index contributed by atoms with van der Waals surface area (Å²) in [5.41, 5.74) is 1.05. The van der Waals surface area contributed by atoms with Crippen LogP contribution in [0.25, 0.3) is 0 Å². The second kappa shape index (κ2) is 9.89. The molecule has 0 saturated carbocycles. The number of hydrogen-bond donors (Lipinski definition) is 2. The molecule has 0 bridgehead atoms. The molecular formula is C14H24IN3O. The molecule has 0 unspecified atom stereocenters. The molecule has 1 aromatic heterocycles. The number of halogens is 1. The Balaban J connectivity index is 0.00000324. The van der Waals surface area contributed by atoms with Crippen LogP contribution >= 0.6 is 24.0 Å². The van der Waals surface area contributed by atoms with Gasteiger partial charge in [-0.3, -0.25) is 0 Å². The zero-order chi connectivity index (χ0) is 13.4. The molecule has 0 aliphatic heterocycles. The molecule has 0 aliphatic carbocycles. The Morgan fingerprint density at radius 1 is 1.47 bits per heavy atom. The maximum Gasteiger partial charge on any atom is 0.191 e. The number of aliphatic imine (C=N–C) groups is 1. The first kappa shape index (κ1) is 18.0. The van der Waals surface area contributed by atoms with Crippen molar-refractivity contribution in [2.75, 3.05) is 13.1 Å². The van der Waals surface area contributed by atoms with Crippen molar-refractivity contribution >= 4 is 29.9 Å². The molecule has 0 atom stereocenters. The van der Waals surface area contributed by atoms with Gasteiger partial charge >= 0.3 is 0 Å². The van der Waals surface area contributed by atoms with Crippen LogP contribution in [0.3, 0.4) is 0 Å². The summed E-state index contributed by atoms with van der Waals surface area (Å²) >= 11 is 0. The van der Waals surface area contributed by atoms with Crippen LogP contribution < -0.4 is 10.6 Å². The van der Waals surface area contributed by atoms with E-state index in [0.29, 0.717) is 12.6 Å². The van der Waals surface area contributed by atoms with Crippen LogP contribution in [-0.4, -0.2) is 25.1 Å². The zero-order valence-corrected chi connectivity index (χ0v) is 14.2. The normalized spacial score (nSPS) is 11.1. The molecule has 1 heterocycles. The highest BCUT2D eigenvalue weighted by Crippen LogP contribution is 1.99. The van der Waals surface area contributed by atoms with Crippen LogP contribution in [0.5, 0.6) is 0 Å². The van der Waals surface area contributed by atoms with Gasteiger partial charge in [-0.25, -0.2) is 4.99 Å². The van der Waals surface area contributed by atoms with Crippen molar-refractivity contribution in [3.63, 3.8) is 0 Å². The van der Waals surface area contributed by atoms with Crippen LogP contribution in [0.1, 0.15) is 26.5 Å². The van der Waals surface area contributed by atoms with Crippen molar-refractivity contribution in [1.29, 1.82) is 0 Å². The lowest BCUT2D eigenvalue weighted by atomic mass is 10.3. The third-order valence-electron chi connectivity index (χ3n) is 2.18. The molecule has 0 fully saturated rings. The molecule has 1 rings (SSSR count). The summed E-state index contributed by atoms with van der Waals surface area (Å²) in [5.74, 6) is 1.80. The lowest BCUT2D eigenvalue weighted by molar-refractivity contribution is 0.506. The molecule has 0 aliphatic rings. The molecule has 0 amide bonds. The Labute approximate surface area is 132 Å². The first-order valence-electron chi connectivity index (χ1n) is 6.29. The molecule has 5 heteroatoms. The van der Waals surface area contributed by atoms with Gasteiger partial charge in [0, 0.05) is 19.0 Å². The van der Waals surface area contributed by atoms with E-state index >= 15 is 0 Å². The third-order valence-corrected chi connectivity index (χ3v) is 2.18. The minimum absolute atomic E-state index is 0. The van der Waals surface area contributed by atoms with Crippen LogP contribution in [0.15, 0.2) is 40.0 Å². The first-order valence-corrected chi connectivity index (χ1v) is 6.29. The van der Waals surface area contributed by atoms with Crippen molar-refractivity contribution in [2.45, 2.75) is 33.2 Å². The van der Waals surface area contributed by atoms with E-state index < -0.39 is 0 Å². The van der Waals surface area contributed by atoms with E-state index in [4.69, 9.17) is 4.42 Å². The monoisotopic (exact) mass is 377 g/mol. The van der Waals surface area contributed by atoms with Gasteiger partial charge in [0.05, 0.1) is 12.8 Å². The third kappa shape index (κ3) is 8.69. The molecule has 19 heavy (non-hydrogen) atoms. The summed E-state index contributed by atoms with van der Waals surface area (Å²) in [4.78, 5) is 4.45. The Kier molecular flexibility index (Phi) is 9.38. The Bertz CT molecular complexity index is 385. The van der Waals surface area contributed by atoms with Gasteiger partial charge in [-0.1, -0.05) is 12.2 Å². The number of nitrogens with zero attached hydrogens (tertiary/aromatic N) is 1. The maximum atomic E-state index is 5.28. The minimum Gasteiger partial charge on any atom is -0.469 e. The second-order valence-electron chi connectivity index (χ2n) is 4.68. The van der Waals surface area contributed by atoms with Crippen LogP contribution in [0.4, 0.5) is 0 Å². The highest BCUT2D eigenvalue weighted by atomic mass is 127. The van der Waals surface area contributed by atoms with Gasteiger partial charge in [0.25, 0.3) is 0 Å². The van der Waals surface area contributed by atoms with Gasteiger partial charge in [-0.2, -0.15) is 0 Å². The fourth-order valence-corrected chi connectivity index (χ4v) is 1.40. The lowest BCUT2D eigenvalue weighted by Gasteiger charge is -2.14. The summed E-state index contributed by atoms with van der Waals surface area (Å²) in [6.45, 7) is 11.4. The van der Waals surface area contributed by atoms with E-state index in [0.717, 1.165) is 30.3 Å². The van der Waals surface area contributed by atoms with E-state index in [9.17, 15) is 0 Å². The van der Waals surface area contributed by atoms with E-state index in [1.54, 1.807) is 6.26 Å². The molecule has 1 aromatic rings. The topological polar surface area (TPSA) is 49.6 Å². The highest BCUT2D eigenvalue weighted by molar-refractivity contribution is 14.0. The molecule has 4 nitrogen and oxygen atoms in total. The van der Waals surface area contributed by atoms with Crippen molar-refractivity contribution < 1.29 is 4.42 Å². The average molecular weight is 377 g/mol. The summed E-state index contributed by atoms with van der Waals surface area (Å²) in [6, 6.07) is 4.23. The predicted octanol–water partition coefficient (Wildman–Crippen LogP) is 2.96. The van der Waals surface area contributed by atoms with Crippen LogP contribution in [0, 0.1) is 0 Å². The maximum absolute atomic E-state index is 5.28. The Hall–Kier alpha value is -0.980. The number of nitrogens with one attached hydrogen (secondary N) is 2. The average Bonchev–Trinajstić information content (AvgIpc) is 2.77. The predicted molar refractivity (Wildman–Crippen MR) is 91.2 cm³/mol. The van der Waals surface area contributed by atoms with Gasteiger partial charge in [-0.15, -0.1) is 24.0 Å². The van der Waals surface area contributed by atoms with Gasteiger partial charge in [0.2, 0.25) is 0 Å². The molecule has 108 valence electrons. The quantitative estimate of drug-likeness (QED) is 0.347. The van der Waals surface area contributed by atoms with Crippen LogP contribution in [0.2, 0.25) is 0 Å². The number of guanidine groups is 1. The number of hydrogen-bond acceptors (Lipinski definition) is 2. The Morgan fingerprint density at radius 3 is 2.74 bits per heavy atom. The molecule has 0 saturated heterocycles.